The van der Waals surface area contributed by atoms with Gasteiger partial charge in [-0.1, -0.05) is 19.8 Å². The smallest absolute Gasteiger partial charge is 0.220 e. The van der Waals surface area contributed by atoms with Gasteiger partial charge in [-0.25, -0.2) is 0 Å². The first-order valence-corrected chi connectivity index (χ1v) is 8.59. The lowest BCUT2D eigenvalue weighted by molar-refractivity contribution is -0.122. The highest BCUT2D eigenvalue weighted by Crippen LogP contribution is 2.23. The molecule has 0 aromatic heterocycles. The maximum Gasteiger partial charge on any atom is 0.220 e. The quantitative estimate of drug-likeness (QED) is 0.615. The predicted molar refractivity (Wildman–Crippen MR) is 90.7 cm³/mol. The SMILES string of the molecule is CC(=O)c1ccc(OCCCC(=O)N[C@@H]2CCCC[C@@H]2C)cc1. The molecule has 1 saturated carbocycles. The molecule has 0 saturated heterocycles. The summed E-state index contributed by atoms with van der Waals surface area (Å²) in [5.74, 6) is 1.49. The normalized spacial score (nSPS) is 20.8. The molecule has 4 heteroatoms. The van der Waals surface area contributed by atoms with E-state index >= 15 is 0 Å². The number of hydrogen-bond acceptors (Lipinski definition) is 3. The van der Waals surface area contributed by atoms with Gasteiger partial charge in [0.1, 0.15) is 5.75 Å². The number of nitrogens with one attached hydrogen (secondary N) is 1. The molecule has 0 aliphatic heterocycles. The van der Waals surface area contributed by atoms with Crippen LogP contribution in [0.1, 0.15) is 62.7 Å². The summed E-state index contributed by atoms with van der Waals surface area (Å²) < 4.78 is 5.61. The second-order valence-electron chi connectivity index (χ2n) is 6.47. The lowest BCUT2D eigenvalue weighted by atomic mass is 9.86. The van der Waals surface area contributed by atoms with Crippen molar-refractivity contribution in [3.63, 3.8) is 0 Å². The molecule has 2 atom stereocenters. The monoisotopic (exact) mass is 317 g/mol. The Bertz CT molecular complexity index is 524. The van der Waals surface area contributed by atoms with Crippen LogP contribution in [-0.2, 0) is 4.79 Å². The molecule has 0 unspecified atom stereocenters. The molecular formula is C19H27NO3. The van der Waals surface area contributed by atoms with Gasteiger partial charge in [-0.2, -0.15) is 0 Å². The van der Waals surface area contributed by atoms with Crippen LogP contribution >= 0.6 is 0 Å². The Kier molecular flexibility index (Phi) is 6.63. The summed E-state index contributed by atoms with van der Waals surface area (Å²) >= 11 is 0. The predicted octanol–water partition coefficient (Wildman–Crippen LogP) is 3.74. The van der Waals surface area contributed by atoms with Crippen molar-refractivity contribution in [2.24, 2.45) is 5.92 Å². The van der Waals surface area contributed by atoms with Crippen molar-refractivity contribution in [3.8, 4) is 5.75 Å². The molecule has 2 rings (SSSR count). The van der Waals surface area contributed by atoms with E-state index in [1.54, 1.807) is 31.2 Å². The number of carbonyl (C=O) groups is 2. The molecule has 0 radical (unpaired) electrons. The van der Waals surface area contributed by atoms with Gasteiger partial charge >= 0.3 is 0 Å². The topological polar surface area (TPSA) is 55.4 Å². The average Bonchev–Trinajstić information content (AvgIpc) is 2.54. The number of ether oxygens (including phenoxy) is 1. The summed E-state index contributed by atoms with van der Waals surface area (Å²) in [7, 11) is 0. The zero-order chi connectivity index (χ0) is 16.7. The van der Waals surface area contributed by atoms with Gasteiger partial charge in [-0.15, -0.1) is 0 Å². The summed E-state index contributed by atoms with van der Waals surface area (Å²) in [5.41, 5.74) is 0.679. The molecule has 4 nitrogen and oxygen atoms in total. The third kappa shape index (κ3) is 5.70. The number of hydrogen-bond donors (Lipinski definition) is 1. The lowest BCUT2D eigenvalue weighted by Gasteiger charge is -2.29. The van der Waals surface area contributed by atoms with Gasteiger partial charge < -0.3 is 10.1 Å². The molecule has 1 aromatic rings. The van der Waals surface area contributed by atoms with Crippen molar-refractivity contribution >= 4 is 11.7 Å². The van der Waals surface area contributed by atoms with E-state index in [1.165, 1.54) is 19.3 Å². The van der Waals surface area contributed by atoms with E-state index in [2.05, 4.69) is 12.2 Å². The Morgan fingerprint density at radius 1 is 1.17 bits per heavy atom. The minimum absolute atomic E-state index is 0.0464. The van der Waals surface area contributed by atoms with E-state index in [-0.39, 0.29) is 11.7 Å². The van der Waals surface area contributed by atoms with Crippen LogP contribution < -0.4 is 10.1 Å². The fourth-order valence-electron chi connectivity index (χ4n) is 3.02. The molecule has 1 aliphatic carbocycles. The number of rotatable bonds is 7. The molecule has 1 aliphatic rings. The minimum Gasteiger partial charge on any atom is -0.494 e. The molecule has 126 valence electrons. The number of amides is 1. The highest BCUT2D eigenvalue weighted by molar-refractivity contribution is 5.94. The fraction of sp³-hybridized carbons (Fsp3) is 0.579. The number of carbonyl (C=O) groups excluding carboxylic acids is 2. The lowest BCUT2D eigenvalue weighted by Crippen LogP contribution is -2.41. The molecular weight excluding hydrogens is 290 g/mol. The standard InChI is InChI=1S/C19H27NO3/c1-14-6-3-4-7-18(14)20-19(22)8-5-13-23-17-11-9-16(10-12-17)15(2)21/h9-12,14,18H,3-8,13H2,1-2H3,(H,20,22)/t14-,18+/m0/s1. The molecule has 1 amide bonds. The van der Waals surface area contributed by atoms with E-state index in [0.29, 0.717) is 37.0 Å². The van der Waals surface area contributed by atoms with E-state index in [9.17, 15) is 9.59 Å². The summed E-state index contributed by atoms with van der Waals surface area (Å²) in [5, 5.41) is 3.16. The Labute approximate surface area is 138 Å². The molecule has 1 fully saturated rings. The summed E-state index contributed by atoms with van der Waals surface area (Å²) in [6, 6.07) is 7.45. The maximum absolute atomic E-state index is 12.0. The molecule has 23 heavy (non-hydrogen) atoms. The molecule has 0 spiro atoms. The third-order valence-corrected chi connectivity index (χ3v) is 4.54. The van der Waals surface area contributed by atoms with Crippen LogP contribution in [0, 0.1) is 5.92 Å². The number of benzene rings is 1. The molecule has 0 heterocycles. The van der Waals surface area contributed by atoms with E-state index < -0.39 is 0 Å². The van der Waals surface area contributed by atoms with E-state index in [0.717, 1.165) is 12.2 Å². The van der Waals surface area contributed by atoms with E-state index in [4.69, 9.17) is 4.74 Å². The first-order valence-electron chi connectivity index (χ1n) is 8.59. The largest absolute Gasteiger partial charge is 0.494 e. The summed E-state index contributed by atoms with van der Waals surface area (Å²) in [6.45, 7) is 4.27. The fourth-order valence-corrected chi connectivity index (χ4v) is 3.02. The van der Waals surface area contributed by atoms with Crippen LogP contribution in [0.15, 0.2) is 24.3 Å². The Hall–Kier alpha value is -1.84. The van der Waals surface area contributed by atoms with Gasteiger partial charge in [0.25, 0.3) is 0 Å². The van der Waals surface area contributed by atoms with Crippen LogP contribution in [0.25, 0.3) is 0 Å². The van der Waals surface area contributed by atoms with Crippen LogP contribution in [0.3, 0.4) is 0 Å². The van der Waals surface area contributed by atoms with Crippen LogP contribution in [0.5, 0.6) is 5.75 Å². The average molecular weight is 317 g/mol. The van der Waals surface area contributed by atoms with Crippen molar-refractivity contribution in [2.75, 3.05) is 6.61 Å². The number of ketones is 1. The zero-order valence-corrected chi connectivity index (χ0v) is 14.1. The van der Waals surface area contributed by atoms with Crippen molar-refractivity contribution in [1.82, 2.24) is 5.32 Å². The van der Waals surface area contributed by atoms with Gasteiger partial charge in [0, 0.05) is 18.0 Å². The summed E-state index contributed by atoms with van der Waals surface area (Å²) in [4.78, 5) is 23.2. The Morgan fingerprint density at radius 3 is 2.52 bits per heavy atom. The first kappa shape index (κ1) is 17.5. The number of Topliss-reactive ketones (excluding diaryl/α,β-unsaturated/α-hetero) is 1. The second kappa shape index (κ2) is 8.70. The molecule has 1 aromatic carbocycles. The van der Waals surface area contributed by atoms with Crippen molar-refractivity contribution in [2.45, 2.75) is 58.4 Å². The van der Waals surface area contributed by atoms with E-state index in [1.807, 2.05) is 0 Å². The Balaban J connectivity index is 1.64. The highest BCUT2D eigenvalue weighted by atomic mass is 16.5. The Morgan fingerprint density at radius 2 is 1.87 bits per heavy atom. The van der Waals surface area contributed by atoms with Crippen molar-refractivity contribution in [1.29, 1.82) is 0 Å². The third-order valence-electron chi connectivity index (χ3n) is 4.54. The molecule has 0 bridgehead atoms. The van der Waals surface area contributed by atoms with Crippen LogP contribution in [-0.4, -0.2) is 24.3 Å². The van der Waals surface area contributed by atoms with Gasteiger partial charge in [-0.3, -0.25) is 9.59 Å². The first-order chi connectivity index (χ1) is 11.1. The van der Waals surface area contributed by atoms with Gasteiger partial charge in [0.15, 0.2) is 5.78 Å². The van der Waals surface area contributed by atoms with Gasteiger partial charge in [0.05, 0.1) is 6.61 Å². The molecule has 1 N–H and O–H groups in total. The van der Waals surface area contributed by atoms with Crippen molar-refractivity contribution in [3.05, 3.63) is 29.8 Å². The van der Waals surface area contributed by atoms with Crippen molar-refractivity contribution < 1.29 is 14.3 Å². The minimum atomic E-state index is 0.0464. The van der Waals surface area contributed by atoms with Gasteiger partial charge in [-0.05, 0) is 56.4 Å². The summed E-state index contributed by atoms with van der Waals surface area (Å²) in [6.07, 6.45) is 6.00. The second-order valence-corrected chi connectivity index (χ2v) is 6.47. The van der Waals surface area contributed by atoms with Gasteiger partial charge in [0.2, 0.25) is 5.91 Å². The highest BCUT2D eigenvalue weighted by Gasteiger charge is 2.22. The van der Waals surface area contributed by atoms with Crippen LogP contribution in [0.2, 0.25) is 0 Å². The van der Waals surface area contributed by atoms with Crippen LogP contribution in [0.4, 0.5) is 0 Å². The maximum atomic E-state index is 12.0. The zero-order valence-electron chi connectivity index (χ0n) is 14.1.